The Labute approximate surface area is 268 Å². The first-order valence-corrected chi connectivity index (χ1v) is 17.5. The van der Waals surface area contributed by atoms with E-state index in [-0.39, 0.29) is 36.1 Å². The number of pyridine rings is 1. The first kappa shape index (κ1) is 33.3. The summed E-state index contributed by atoms with van der Waals surface area (Å²) in [7, 11) is -2.99. The molecule has 2 aromatic carbocycles. The number of aldehydes is 1. The normalized spacial score (nSPS) is 15.2. The number of ether oxygens (including phenoxy) is 1. The van der Waals surface area contributed by atoms with Crippen LogP contribution >= 0.6 is 0 Å². The van der Waals surface area contributed by atoms with Gasteiger partial charge in [0.1, 0.15) is 46.0 Å². The largest absolute Gasteiger partial charge is 0.491 e. The monoisotopic (exact) mass is 650 g/mol. The number of carbonyl (C=O) groups is 1. The number of nitrogens with one attached hydrogen (secondary N) is 4. The summed E-state index contributed by atoms with van der Waals surface area (Å²) in [5, 5.41) is 17.3. The summed E-state index contributed by atoms with van der Waals surface area (Å²) >= 11 is 0. The van der Waals surface area contributed by atoms with Gasteiger partial charge in [-0.05, 0) is 75.2 Å². The molecule has 0 unspecified atom stereocenters. The van der Waals surface area contributed by atoms with Crippen LogP contribution in [-0.4, -0.2) is 96.6 Å². The average Bonchev–Trinajstić information content (AvgIpc) is 3.43. The van der Waals surface area contributed by atoms with Crippen LogP contribution in [0.5, 0.6) is 5.75 Å². The number of hydrogen-bond donors (Lipinski definition) is 5. The van der Waals surface area contributed by atoms with Gasteiger partial charge >= 0.3 is 0 Å². The highest BCUT2D eigenvalue weighted by molar-refractivity contribution is 7.90. The molecule has 0 aliphatic carbocycles. The quantitative estimate of drug-likeness (QED) is 0.128. The Morgan fingerprint density at radius 1 is 1.17 bits per heavy atom. The van der Waals surface area contributed by atoms with E-state index >= 15 is 0 Å². The molecular formula is C33H42N6O6S. The fraction of sp³-hybridized carbons (Fsp3) is 0.424. The average molecular weight is 651 g/mol. The first-order chi connectivity index (χ1) is 22.0. The van der Waals surface area contributed by atoms with Crippen LogP contribution in [0.4, 0.5) is 5.69 Å². The highest BCUT2D eigenvalue weighted by Crippen LogP contribution is 2.26. The number of benzene rings is 2. The van der Waals surface area contributed by atoms with E-state index < -0.39 is 15.9 Å². The molecule has 1 saturated heterocycles. The topological polar surface area (TPSA) is 170 Å². The summed E-state index contributed by atoms with van der Waals surface area (Å²) in [5.74, 6) is 1.21. The minimum Gasteiger partial charge on any atom is -0.491 e. The van der Waals surface area contributed by atoms with Crippen LogP contribution < -0.4 is 20.9 Å². The van der Waals surface area contributed by atoms with Crippen molar-refractivity contribution in [3.05, 3.63) is 75.2 Å². The van der Waals surface area contributed by atoms with Crippen molar-refractivity contribution in [2.24, 2.45) is 0 Å². The van der Waals surface area contributed by atoms with Gasteiger partial charge in [0.15, 0.2) is 0 Å². The molecular weight excluding hydrogens is 608 g/mol. The van der Waals surface area contributed by atoms with Gasteiger partial charge < -0.3 is 35.3 Å². The van der Waals surface area contributed by atoms with E-state index in [1.807, 2.05) is 38.1 Å². The van der Waals surface area contributed by atoms with Crippen LogP contribution in [-0.2, 0) is 16.4 Å². The number of imidazole rings is 1. The first-order valence-electron chi connectivity index (χ1n) is 15.4. The number of rotatable bonds is 14. The number of hydrogen-bond acceptors (Lipinski definition) is 10. The van der Waals surface area contributed by atoms with Gasteiger partial charge in [0.05, 0.1) is 22.5 Å². The maximum Gasteiger partial charge on any atom is 0.261 e. The number of H-pyrrole nitrogens is 2. The Bertz CT molecular complexity index is 1850. The summed E-state index contributed by atoms with van der Waals surface area (Å²) in [6.07, 6.45) is 4.53. The standard InChI is InChI=1S/C33H42N6O6S/c1-21-4-5-30(22(2)14-21)45-20-26(41)18-36-27-6-9-34-33(42)31(27)32-37-28-15-23(24(19-40)16-29(28)38-32)17-35-25-7-10-39(11-8-25)12-13-46(3,43)44/h4-6,9,14-16,19,25-26,35,41H,7-8,10-13,17-18,20H2,1-3H3,(H,37,38)(H2,34,36,42)/t26-/m1/s1. The molecule has 0 saturated carbocycles. The number of sulfone groups is 1. The molecule has 0 amide bonds. The van der Waals surface area contributed by atoms with Crippen molar-refractivity contribution in [2.45, 2.75) is 45.4 Å². The van der Waals surface area contributed by atoms with Crippen LogP contribution in [0.15, 0.2) is 47.4 Å². The van der Waals surface area contributed by atoms with Crippen molar-refractivity contribution in [1.82, 2.24) is 25.2 Å². The molecule has 5 N–H and O–H groups in total. The number of carbonyl (C=O) groups excluding carboxylic acids is 1. The smallest absolute Gasteiger partial charge is 0.261 e. The number of anilines is 1. The van der Waals surface area contributed by atoms with Crippen LogP contribution in [0.2, 0.25) is 0 Å². The lowest BCUT2D eigenvalue weighted by atomic mass is 10.0. The number of aromatic nitrogens is 3. The van der Waals surface area contributed by atoms with Crippen LogP contribution in [0.1, 0.15) is 39.9 Å². The molecule has 13 heteroatoms. The highest BCUT2D eigenvalue weighted by atomic mass is 32.2. The zero-order valence-electron chi connectivity index (χ0n) is 26.4. The Morgan fingerprint density at radius 3 is 2.67 bits per heavy atom. The molecule has 1 fully saturated rings. The van der Waals surface area contributed by atoms with Gasteiger partial charge in [-0.3, -0.25) is 9.59 Å². The second-order valence-electron chi connectivity index (χ2n) is 12.1. The molecule has 246 valence electrons. The molecule has 12 nitrogen and oxygen atoms in total. The molecule has 4 aromatic rings. The van der Waals surface area contributed by atoms with E-state index in [0.717, 1.165) is 48.9 Å². The predicted octanol–water partition coefficient (Wildman–Crippen LogP) is 2.80. The number of nitrogens with zero attached hydrogens (tertiary/aromatic N) is 2. The van der Waals surface area contributed by atoms with Gasteiger partial charge in [0.25, 0.3) is 5.56 Å². The molecule has 0 spiro atoms. The molecule has 5 rings (SSSR count). The molecule has 3 heterocycles. The summed E-state index contributed by atoms with van der Waals surface area (Å²) in [6.45, 7) is 6.84. The van der Waals surface area contributed by atoms with Crippen molar-refractivity contribution < 1.29 is 23.1 Å². The maximum atomic E-state index is 13.0. The van der Waals surface area contributed by atoms with Gasteiger partial charge in [-0.15, -0.1) is 0 Å². The predicted molar refractivity (Wildman–Crippen MR) is 179 cm³/mol. The Hall–Kier alpha value is -4.04. The SMILES string of the molecule is Cc1ccc(OC[C@H](O)CNc2cc[nH]c(=O)c2-c2nc3cc(C=O)c(CNC4CCN(CCS(C)(=O)=O)CC4)cc3[nH]2)c(C)c1. The second-order valence-corrected chi connectivity index (χ2v) is 14.4. The van der Waals surface area contributed by atoms with Gasteiger partial charge in [0, 0.05) is 43.7 Å². The lowest BCUT2D eigenvalue weighted by molar-refractivity contribution is 0.112. The zero-order chi connectivity index (χ0) is 32.8. The van der Waals surface area contributed by atoms with E-state index in [2.05, 4.69) is 30.5 Å². The van der Waals surface area contributed by atoms with Crippen molar-refractivity contribution >= 4 is 32.8 Å². The minimum absolute atomic E-state index is 0.0770. The van der Waals surface area contributed by atoms with E-state index in [9.17, 15) is 23.1 Å². The third-order valence-electron chi connectivity index (χ3n) is 8.30. The number of piperidine rings is 1. The number of aliphatic hydroxyl groups excluding tert-OH is 1. The number of fused-ring (bicyclic) bond motifs is 1. The van der Waals surface area contributed by atoms with E-state index in [1.54, 1.807) is 12.1 Å². The summed E-state index contributed by atoms with van der Waals surface area (Å²) in [4.78, 5) is 37.7. The van der Waals surface area contributed by atoms with Gasteiger partial charge in [-0.25, -0.2) is 13.4 Å². The molecule has 1 aliphatic rings. The molecule has 1 aliphatic heterocycles. The van der Waals surface area contributed by atoms with E-state index in [1.165, 1.54) is 12.5 Å². The van der Waals surface area contributed by atoms with Gasteiger partial charge in [-0.2, -0.15) is 0 Å². The lowest BCUT2D eigenvalue weighted by Crippen LogP contribution is -2.43. The summed E-state index contributed by atoms with van der Waals surface area (Å²) in [5.41, 5.74) is 5.10. The lowest BCUT2D eigenvalue weighted by Gasteiger charge is -2.32. The fourth-order valence-electron chi connectivity index (χ4n) is 5.70. The van der Waals surface area contributed by atoms with Crippen LogP contribution in [0, 0.1) is 13.8 Å². The maximum absolute atomic E-state index is 13.0. The third-order valence-corrected chi connectivity index (χ3v) is 9.23. The molecule has 1 atom stereocenters. The van der Waals surface area contributed by atoms with Crippen molar-refractivity contribution in [2.75, 3.05) is 50.1 Å². The van der Waals surface area contributed by atoms with Crippen LogP contribution in [0.3, 0.4) is 0 Å². The van der Waals surface area contributed by atoms with Crippen LogP contribution in [0.25, 0.3) is 22.4 Å². The molecule has 0 bridgehead atoms. The summed E-state index contributed by atoms with van der Waals surface area (Å²) in [6, 6.07) is 11.4. The van der Waals surface area contributed by atoms with Crippen molar-refractivity contribution in [3.63, 3.8) is 0 Å². The van der Waals surface area contributed by atoms with Gasteiger partial charge in [-0.1, -0.05) is 17.7 Å². The Balaban J connectivity index is 1.24. The number of aryl methyl sites for hydroxylation is 2. The van der Waals surface area contributed by atoms with Crippen molar-refractivity contribution in [3.8, 4) is 17.1 Å². The van der Waals surface area contributed by atoms with E-state index in [0.29, 0.717) is 46.9 Å². The zero-order valence-corrected chi connectivity index (χ0v) is 27.2. The number of aliphatic hydroxyl groups is 1. The molecule has 46 heavy (non-hydrogen) atoms. The fourth-order valence-corrected chi connectivity index (χ4v) is 6.29. The Morgan fingerprint density at radius 2 is 1.96 bits per heavy atom. The second kappa shape index (κ2) is 14.6. The summed E-state index contributed by atoms with van der Waals surface area (Å²) < 4.78 is 28.8. The molecule has 0 radical (unpaired) electrons. The number of likely N-dealkylation sites (tertiary alicyclic amines) is 1. The Kier molecular flexibility index (Phi) is 10.6. The van der Waals surface area contributed by atoms with Gasteiger partial charge in [0.2, 0.25) is 0 Å². The minimum atomic E-state index is -2.99. The molecule has 2 aromatic heterocycles. The third kappa shape index (κ3) is 8.60. The highest BCUT2D eigenvalue weighted by Gasteiger charge is 2.21. The number of aromatic amines is 2. The van der Waals surface area contributed by atoms with Crippen molar-refractivity contribution in [1.29, 1.82) is 0 Å². The van der Waals surface area contributed by atoms with E-state index in [4.69, 9.17) is 4.74 Å².